The molecule has 0 atom stereocenters. The van der Waals surface area contributed by atoms with E-state index < -0.39 is 0 Å². The first-order valence-electron chi connectivity index (χ1n) is 6.83. The first-order valence-corrected chi connectivity index (χ1v) is 7.98. The molecule has 0 spiro atoms. The number of thioether (sulfide) groups is 1. The van der Waals surface area contributed by atoms with Crippen LogP contribution in [-0.4, -0.2) is 5.75 Å². The van der Waals surface area contributed by atoms with E-state index in [4.69, 9.17) is 0 Å². The van der Waals surface area contributed by atoms with Gasteiger partial charge in [0.2, 0.25) is 0 Å². The van der Waals surface area contributed by atoms with E-state index in [0.717, 1.165) is 12.3 Å². The van der Waals surface area contributed by atoms with Gasteiger partial charge in [-0.25, -0.2) is 0 Å². The molecule has 0 heterocycles. The van der Waals surface area contributed by atoms with E-state index in [9.17, 15) is 0 Å². The van der Waals surface area contributed by atoms with Crippen molar-refractivity contribution >= 4 is 17.4 Å². The molecular weight excluding hydrogens is 250 g/mol. The van der Waals surface area contributed by atoms with Gasteiger partial charge >= 0.3 is 0 Å². The van der Waals surface area contributed by atoms with Crippen LogP contribution in [0.15, 0.2) is 54.6 Å². The van der Waals surface area contributed by atoms with Gasteiger partial charge in [-0.15, -0.1) is 0 Å². The van der Waals surface area contributed by atoms with Gasteiger partial charge < -0.3 is 5.32 Å². The van der Waals surface area contributed by atoms with Crippen LogP contribution in [0.1, 0.15) is 24.5 Å². The summed E-state index contributed by atoms with van der Waals surface area (Å²) in [4.78, 5) is 0. The van der Waals surface area contributed by atoms with Gasteiger partial charge in [0.15, 0.2) is 0 Å². The van der Waals surface area contributed by atoms with Crippen LogP contribution in [0, 0.1) is 0 Å². The van der Waals surface area contributed by atoms with Crippen molar-refractivity contribution in [1.29, 1.82) is 0 Å². The van der Waals surface area contributed by atoms with Crippen LogP contribution >= 0.6 is 11.8 Å². The molecule has 19 heavy (non-hydrogen) atoms. The first-order chi connectivity index (χ1) is 9.38. The minimum Gasteiger partial charge on any atom is -0.381 e. The summed E-state index contributed by atoms with van der Waals surface area (Å²) in [6, 6.07) is 19.3. The van der Waals surface area contributed by atoms with Crippen molar-refractivity contribution in [1.82, 2.24) is 0 Å². The summed E-state index contributed by atoms with van der Waals surface area (Å²) in [6.45, 7) is 3.11. The van der Waals surface area contributed by atoms with Crippen LogP contribution in [0.4, 0.5) is 5.69 Å². The highest BCUT2D eigenvalue weighted by Crippen LogP contribution is 2.16. The zero-order chi connectivity index (χ0) is 13.3. The van der Waals surface area contributed by atoms with E-state index in [-0.39, 0.29) is 0 Å². The quantitative estimate of drug-likeness (QED) is 0.716. The van der Waals surface area contributed by atoms with E-state index in [1.54, 1.807) is 0 Å². The number of hydrogen-bond donors (Lipinski definition) is 1. The van der Waals surface area contributed by atoms with Gasteiger partial charge in [-0.1, -0.05) is 49.4 Å². The molecule has 0 fully saturated rings. The van der Waals surface area contributed by atoms with Gasteiger partial charge in [0, 0.05) is 18.0 Å². The van der Waals surface area contributed by atoms with Gasteiger partial charge in [-0.2, -0.15) is 11.8 Å². The molecule has 2 aromatic rings. The van der Waals surface area contributed by atoms with Gasteiger partial charge in [0.25, 0.3) is 0 Å². The summed E-state index contributed by atoms with van der Waals surface area (Å²) in [6.07, 6.45) is 1.25. The molecule has 0 saturated carbocycles. The fourth-order valence-electron chi connectivity index (χ4n) is 1.85. The highest BCUT2D eigenvalue weighted by Gasteiger charge is 1.96. The molecule has 0 aliphatic carbocycles. The molecule has 0 bridgehead atoms. The summed E-state index contributed by atoms with van der Waals surface area (Å²) < 4.78 is 0. The molecule has 0 aromatic heterocycles. The Hall–Kier alpha value is -1.41. The number of nitrogens with one attached hydrogen (secondary N) is 1. The molecule has 0 aliphatic heterocycles. The number of rotatable bonds is 7. The van der Waals surface area contributed by atoms with Crippen LogP contribution in [0.3, 0.4) is 0 Å². The molecule has 0 saturated heterocycles. The highest BCUT2D eigenvalue weighted by atomic mass is 32.2. The maximum atomic E-state index is 3.45. The van der Waals surface area contributed by atoms with Crippen LogP contribution in [0.5, 0.6) is 0 Å². The number of anilines is 1. The third-order valence-electron chi connectivity index (χ3n) is 2.91. The zero-order valence-corrected chi connectivity index (χ0v) is 12.2. The Morgan fingerprint density at radius 1 is 0.895 bits per heavy atom. The van der Waals surface area contributed by atoms with E-state index in [1.807, 2.05) is 17.8 Å². The number of benzene rings is 2. The topological polar surface area (TPSA) is 12.0 Å². The Bertz CT molecular complexity index is 464. The third kappa shape index (κ3) is 4.99. The lowest BCUT2D eigenvalue weighted by Gasteiger charge is -2.07. The molecule has 0 radical (unpaired) electrons. The van der Waals surface area contributed by atoms with E-state index in [1.165, 1.54) is 29.0 Å². The summed E-state index contributed by atoms with van der Waals surface area (Å²) in [5.41, 5.74) is 3.90. The monoisotopic (exact) mass is 271 g/mol. The molecule has 1 nitrogen and oxygen atoms in total. The van der Waals surface area contributed by atoms with Crippen molar-refractivity contribution in [3.8, 4) is 0 Å². The number of hydrogen-bond acceptors (Lipinski definition) is 2. The highest BCUT2D eigenvalue weighted by molar-refractivity contribution is 7.98. The normalized spacial score (nSPS) is 10.4. The molecular formula is C17H21NS. The van der Waals surface area contributed by atoms with Gasteiger partial charge in [-0.3, -0.25) is 0 Å². The predicted octanol–water partition coefficient (Wildman–Crippen LogP) is 4.94. The molecule has 2 aromatic carbocycles. The summed E-state index contributed by atoms with van der Waals surface area (Å²) in [5, 5.41) is 3.45. The van der Waals surface area contributed by atoms with E-state index in [0.29, 0.717) is 0 Å². The van der Waals surface area contributed by atoms with E-state index in [2.05, 4.69) is 60.8 Å². The van der Waals surface area contributed by atoms with Crippen LogP contribution in [-0.2, 0) is 12.3 Å². The lowest BCUT2D eigenvalue weighted by molar-refractivity contribution is 1.10. The Morgan fingerprint density at radius 2 is 1.63 bits per heavy atom. The van der Waals surface area contributed by atoms with Crippen LogP contribution in [0.25, 0.3) is 0 Å². The van der Waals surface area contributed by atoms with Crippen molar-refractivity contribution < 1.29 is 0 Å². The maximum absolute atomic E-state index is 3.45. The lowest BCUT2D eigenvalue weighted by atomic mass is 10.2. The van der Waals surface area contributed by atoms with Crippen molar-refractivity contribution in [2.24, 2.45) is 0 Å². The Kier molecular flexibility index (Phi) is 5.83. The fourth-order valence-corrected chi connectivity index (χ4v) is 2.71. The lowest BCUT2D eigenvalue weighted by Crippen LogP contribution is -1.98. The van der Waals surface area contributed by atoms with Gasteiger partial charge in [-0.05, 0) is 35.4 Å². The molecule has 0 unspecified atom stereocenters. The van der Waals surface area contributed by atoms with Crippen LogP contribution < -0.4 is 5.32 Å². The predicted molar refractivity (Wildman–Crippen MR) is 86.7 cm³/mol. The van der Waals surface area contributed by atoms with Crippen molar-refractivity contribution in [3.05, 3.63) is 65.7 Å². The Balaban J connectivity index is 1.81. The van der Waals surface area contributed by atoms with Crippen molar-refractivity contribution in [2.45, 2.75) is 25.6 Å². The summed E-state index contributed by atoms with van der Waals surface area (Å²) in [7, 11) is 0. The maximum Gasteiger partial charge on any atom is 0.0400 e. The first kappa shape index (κ1) is 14.0. The standard InChI is InChI=1S/C17H21NS/c1-2-12-19-14-16-8-10-17(11-9-16)18-13-15-6-4-3-5-7-15/h3-11,18H,2,12-14H2,1H3. The molecule has 0 amide bonds. The van der Waals surface area contributed by atoms with Crippen LogP contribution in [0.2, 0.25) is 0 Å². The SMILES string of the molecule is CCCSCc1ccc(NCc2ccccc2)cc1. The third-order valence-corrected chi connectivity index (χ3v) is 4.14. The summed E-state index contributed by atoms with van der Waals surface area (Å²) >= 11 is 2.00. The second-order valence-electron chi connectivity index (χ2n) is 4.59. The van der Waals surface area contributed by atoms with Gasteiger partial charge in [0.1, 0.15) is 0 Å². The molecule has 1 N–H and O–H groups in total. The average Bonchev–Trinajstić information content (AvgIpc) is 2.48. The minimum absolute atomic E-state index is 0.880. The fraction of sp³-hybridized carbons (Fsp3) is 0.294. The zero-order valence-electron chi connectivity index (χ0n) is 11.4. The second-order valence-corrected chi connectivity index (χ2v) is 5.69. The molecule has 100 valence electrons. The second kappa shape index (κ2) is 7.90. The molecule has 2 heteroatoms. The average molecular weight is 271 g/mol. The summed E-state index contributed by atoms with van der Waals surface area (Å²) in [5.74, 6) is 2.36. The smallest absolute Gasteiger partial charge is 0.0400 e. The molecule has 0 aliphatic rings. The minimum atomic E-state index is 0.880. The molecule has 2 rings (SSSR count). The Morgan fingerprint density at radius 3 is 2.32 bits per heavy atom. The van der Waals surface area contributed by atoms with Gasteiger partial charge in [0.05, 0.1) is 0 Å². The largest absolute Gasteiger partial charge is 0.381 e. The van der Waals surface area contributed by atoms with Crippen molar-refractivity contribution in [2.75, 3.05) is 11.1 Å². The van der Waals surface area contributed by atoms with E-state index >= 15 is 0 Å². The van der Waals surface area contributed by atoms with Crippen molar-refractivity contribution in [3.63, 3.8) is 0 Å². The Labute approximate surface area is 120 Å².